The van der Waals surface area contributed by atoms with Gasteiger partial charge in [-0.15, -0.1) is 0 Å². The van der Waals surface area contributed by atoms with Gasteiger partial charge in [-0.2, -0.15) is 15.8 Å². The van der Waals surface area contributed by atoms with Gasteiger partial charge in [0.2, 0.25) is 0 Å². The van der Waals surface area contributed by atoms with Crippen LogP contribution in [-0.2, 0) is 4.74 Å². The summed E-state index contributed by atoms with van der Waals surface area (Å²) >= 11 is 0. The van der Waals surface area contributed by atoms with Crippen LogP contribution in [0.4, 0.5) is 0 Å². The van der Waals surface area contributed by atoms with Crippen LogP contribution in [0.25, 0.3) is 22.7 Å². The van der Waals surface area contributed by atoms with Gasteiger partial charge in [-0.05, 0) is 50.1 Å². The molecule has 1 aliphatic heterocycles. The van der Waals surface area contributed by atoms with Crippen LogP contribution < -0.4 is 0 Å². The lowest BCUT2D eigenvalue weighted by atomic mass is 9.94. The third-order valence-electron chi connectivity index (χ3n) is 5.67. The quantitative estimate of drug-likeness (QED) is 0.501. The molecule has 0 saturated carbocycles. The van der Waals surface area contributed by atoms with E-state index in [0.717, 1.165) is 27.9 Å². The van der Waals surface area contributed by atoms with Crippen molar-refractivity contribution in [3.8, 4) is 29.3 Å². The predicted molar refractivity (Wildman–Crippen MR) is 123 cm³/mol. The first-order valence-corrected chi connectivity index (χ1v) is 10.1. The fourth-order valence-electron chi connectivity index (χ4n) is 4.18. The van der Waals surface area contributed by atoms with Crippen molar-refractivity contribution in [2.24, 2.45) is 0 Å². The van der Waals surface area contributed by atoms with Crippen LogP contribution in [0.1, 0.15) is 25.1 Å². The summed E-state index contributed by atoms with van der Waals surface area (Å²) in [6, 6.07) is 22.0. The van der Waals surface area contributed by atoms with Gasteiger partial charge >= 0.3 is 0 Å². The fraction of sp³-hybridized carbons (Fsp3) is 0.148. The van der Waals surface area contributed by atoms with Crippen molar-refractivity contribution in [1.29, 1.82) is 15.8 Å². The van der Waals surface area contributed by atoms with Gasteiger partial charge in [0.25, 0.3) is 0 Å². The molecule has 3 aromatic rings. The lowest BCUT2D eigenvalue weighted by Gasteiger charge is -2.20. The van der Waals surface area contributed by atoms with Crippen molar-refractivity contribution in [3.05, 3.63) is 94.5 Å². The molecule has 0 atom stereocenters. The first kappa shape index (κ1) is 20.7. The maximum atomic E-state index is 9.80. The van der Waals surface area contributed by atoms with Crippen molar-refractivity contribution >= 4 is 11.6 Å². The van der Waals surface area contributed by atoms with E-state index in [9.17, 15) is 15.8 Å². The van der Waals surface area contributed by atoms with Gasteiger partial charge in [0.15, 0.2) is 11.3 Å². The molecule has 1 aromatic carbocycles. The van der Waals surface area contributed by atoms with Gasteiger partial charge in [-0.1, -0.05) is 42.5 Å². The SMILES string of the molecule is Cc1c(-c2ccccc2)c(/C=C/C2=C(C#N)C(=C(C#N)C#N)OC2(C)C)n2ccccc12. The molecule has 0 unspecified atom stereocenters. The molecule has 0 bridgehead atoms. The zero-order chi connectivity index (χ0) is 22.9. The summed E-state index contributed by atoms with van der Waals surface area (Å²) in [5.74, 6) is 0.0432. The predicted octanol–water partition coefficient (Wildman–Crippen LogP) is 5.86. The van der Waals surface area contributed by atoms with Gasteiger partial charge in [-0.25, -0.2) is 0 Å². The molecule has 5 heteroatoms. The zero-order valence-corrected chi connectivity index (χ0v) is 18.0. The van der Waals surface area contributed by atoms with Crippen LogP contribution in [0.5, 0.6) is 0 Å². The molecule has 154 valence electrons. The summed E-state index contributed by atoms with van der Waals surface area (Å²) in [6.45, 7) is 5.75. The van der Waals surface area contributed by atoms with Crippen LogP contribution in [0.2, 0.25) is 0 Å². The average Bonchev–Trinajstić information content (AvgIpc) is 3.23. The first-order valence-electron chi connectivity index (χ1n) is 10.1. The number of hydrogen-bond donors (Lipinski definition) is 0. The molecule has 5 nitrogen and oxygen atoms in total. The second-order valence-corrected chi connectivity index (χ2v) is 7.98. The molecule has 3 heterocycles. The fourth-order valence-corrected chi connectivity index (χ4v) is 4.18. The Hall–Kier alpha value is -4.53. The molecule has 0 saturated heterocycles. The van der Waals surface area contributed by atoms with E-state index in [0.29, 0.717) is 5.57 Å². The Kier molecular flexibility index (Phi) is 5.15. The summed E-state index contributed by atoms with van der Waals surface area (Å²) in [6.07, 6.45) is 5.85. The van der Waals surface area contributed by atoms with E-state index in [4.69, 9.17) is 4.74 Å². The lowest BCUT2D eigenvalue weighted by molar-refractivity contribution is 0.0954. The average molecular weight is 416 g/mol. The highest BCUT2D eigenvalue weighted by Gasteiger charge is 2.38. The summed E-state index contributed by atoms with van der Waals surface area (Å²) in [4.78, 5) is 0. The van der Waals surface area contributed by atoms with Crippen LogP contribution in [0.3, 0.4) is 0 Å². The van der Waals surface area contributed by atoms with Gasteiger partial charge in [0, 0.05) is 22.9 Å². The number of ether oxygens (including phenoxy) is 1. The maximum Gasteiger partial charge on any atom is 0.172 e. The molecule has 0 radical (unpaired) electrons. The topological polar surface area (TPSA) is 85.0 Å². The van der Waals surface area contributed by atoms with Crippen molar-refractivity contribution in [1.82, 2.24) is 4.40 Å². The van der Waals surface area contributed by atoms with Crippen LogP contribution in [0.15, 0.2) is 83.3 Å². The Morgan fingerprint density at radius 1 is 0.969 bits per heavy atom. The molecule has 0 fully saturated rings. The van der Waals surface area contributed by atoms with E-state index in [-0.39, 0.29) is 16.9 Å². The Bertz CT molecular complexity index is 1430. The summed E-state index contributed by atoms with van der Waals surface area (Å²) < 4.78 is 8.01. The van der Waals surface area contributed by atoms with Crippen LogP contribution in [-0.4, -0.2) is 10.0 Å². The number of hydrogen-bond acceptors (Lipinski definition) is 4. The molecule has 0 amide bonds. The maximum absolute atomic E-state index is 9.80. The monoisotopic (exact) mass is 416 g/mol. The number of fused-ring (bicyclic) bond motifs is 1. The number of aromatic nitrogens is 1. The number of rotatable bonds is 3. The van der Waals surface area contributed by atoms with Crippen LogP contribution in [0, 0.1) is 40.9 Å². The van der Waals surface area contributed by atoms with Crippen LogP contribution >= 0.6 is 0 Å². The smallest absolute Gasteiger partial charge is 0.172 e. The Balaban J connectivity index is 1.96. The first-order chi connectivity index (χ1) is 15.4. The summed E-state index contributed by atoms with van der Waals surface area (Å²) in [7, 11) is 0. The molecule has 0 N–H and O–H groups in total. The third-order valence-corrected chi connectivity index (χ3v) is 5.67. The van der Waals surface area contributed by atoms with E-state index in [1.807, 2.05) is 74.7 Å². The minimum atomic E-state index is -0.856. The highest BCUT2D eigenvalue weighted by Crippen LogP contribution is 2.41. The molecule has 0 spiro atoms. The highest BCUT2D eigenvalue weighted by atomic mass is 16.5. The Morgan fingerprint density at radius 2 is 1.66 bits per heavy atom. The van der Waals surface area contributed by atoms with Gasteiger partial charge < -0.3 is 9.14 Å². The number of aryl methyl sites for hydroxylation is 1. The summed E-state index contributed by atoms with van der Waals surface area (Å²) in [5, 5.41) is 28.4. The van der Waals surface area contributed by atoms with E-state index in [2.05, 4.69) is 35.6 Å². The van der Waals surface area contributed by atoms with E-state index in [1.165, 1.54) is 0 Å². The number of nitriles is 3. The van der Waals surface area contributed by atoms with E-state index < -0.39 is 5.60 Å². The van der Waals surface area contributed by atoms with Gasteiger partial charge in [-0.3, -0.25) is 0 Å². The second-order valence-electron chi connectivity index (χ2n) is 7.98. The standard InChI is InChI=1S/C27H20N4O/c1-18-23-11-7-8-14-31(23)24(25(18)19-9-5-4-6-10-19)13-12-22-21(17-30)26(20(15-28)16-29)32-27(22,2)3/h4-14H,1-3H3/b13-12+. The Morgan fingerprint density at radius 3 is 2.31 bits per heavy atom. The molecule has 1 aliphatic rings. The van der Waals surface area contributed by atoms with Crippen molar-refractivity contribution in [2.75, 3.05) is 0 Å². The normalized spacial score (nSPS) is 14.8. The van der Waals surface area contributed by atoms with Crippen molar-refractivity contribution < 1.29 is 4.74 Å². The number of benzene rings is 1. The van der Waals surface area contributed by atoms with Gasteiger partial charge in [0.05, 0.1) is 5.69 Å². The molecule has 32 heavy (non-hydrogen) atoms. The largest absolute Gasteiger partial charge is 0.480 e. The van der Waals surface area contributed by atoms with E-state index >= 15 is 0 Å². The van der Waals surface area contributed by atoms with Crippen molar-refractivity contribution in [2.45, 2.75) is 26.4 Å². The minimum Gasteiger partial charge on any atom is -0.480 e. The third kappa shape index (κ3) is 3.25. The number of pyridine rings is 1. The van der Waals surface area contributed by atoms with Crippen molar-refractivity contribution in [3.63, 3.8) is 0 Å². The molecule has 0 aliphatic carbocycles. The zero-order valence-electron chi connectivity index (χ0n) is 18.0. The van der Waals surface area contributed by atoms with E-state index in [1.54, 1.807) is 0 Å². The molecule has 4 rings (SSSR count). The lowest BCUT2D eigenvalue weighted by Crippen LogP contribution is -2.20. The number of nitrogens with zero attached hydrogens (tertiary/aromatic N) is 4. The molecule has 2 aromatic heterocycles. The number of allylic oxidation sites excluding steroid dienone is 2. The summed E-state index contributed by atoms with van der Waals surface area (Å²) in [5.41, 5.74) is 5.21. The minimum absolute atomic E-state index is 0.0432. The molecular formula is C27H20N4O. The second kappa shape index (κ2) is 7.95. The highest BCUT2D eigenvalue weighted by molar-refractivity contribution is 5.85. The molecular weight excluding hydrogens is 396 g/mol. The van der Waals surface area contributed by atoms with Gasteiger partial charge in [0.1, 0.15) is 29.4 Å². The Labute approximate surface area is 187 Å².